The van der Waals surface area contributed by atoms with Crippen LogP contribution in [0.5, 0.6) is 11.5 Å². The Bertz CT molecular complexity index is 1090. The van der Waals surface area contributed by atoms with Crippen LogP contribution in [0, 0.1) is 0 Å². The SMILES string of the molecule is O=C(CCCOc1ccc(Cl)cc1Cl)Oc1ccc(/C=N/NC(=O)c2ccncc2)cc1. The Balaban J connectivity index is 1.39. The van der Waals surface area contributed by atoms with Gasteiger partial charge in [-0.05, 0) is 66.6 Å². The highest BCUT2D eigenvalue weighted by Gasteiger charge is 2.07. The van der Waals surface area contributed by atoms with E-state index in [0.717, 1.165) is 5.56 Å². The fourth-order valence-electron chi connectivity index (χ4n) is 2.53. The number of nitrogens with zero attached hydrogens (tertiary/aromatic N) is 2. The summed E-state index contributed by atoms with van der Waals surface area (Å²) in [5.74, 6) is 0.214. The van der Waals surface area contributed by atoms with E-state index in [9.17, 15) is 9.59 Å². The number of carbonyl (C=O) groups is 2. The Hall–Kier alpha value is -3.42. The lowest BCUT2D eigenvalue weighted by Crippen LogP contribution is -2.17. The second kappa shape index (κ2) is 11.8. The Morgan fingerprint density at radius 3 is 2.50 bits per heavy atom. The maximum absolute atomic E-state index is 12.0. The molecular formula is C23H19Cl2N3O4. The number of amides is 1. The van der Waals surface area contributed by atoms with Crippen LogP contribution in [0.3, 0.4) is 0 Å². The van der Waals surface area contributed by atoms with Crippen LogP contribution < -0.4 is 14.9 Å². The number of hydrogen-bond donors (Lipinski definition) is 1. The monoisotopic (exact) mass is 471 g/mol. The van der Waals surface area contributed by atoms with Crippen LogP contribution in [0.25, 0.3) is 0 Å². The first-order valence-electron chi connectivity index (χ1n) is 9.63. The van der Waals surface area contributed by atoms with E-state index in [1.807, 2.05) is 0 Å². The third-order valence-corrected chi connectivity index (χ3v) is 4.64. The van der Waals surface area contributed by atoms with Gasteiger partial charge in [0.15, 0.2) is 0 Å². The minimum Gasteiger partial charge on any atom is -0.492 e. The highest BCUT2D eigenvalue weighted by molar-refractivity contribution is 6.35. The Labute approximate surface area is 195 Å². The number of benzene rings is 2. The van der Waals surface area contributed by atoms with Crippen molar-refractivity contribution >= 4 is 41.3 Å². The second-order valence-electron chi connectivity index (χ2n) is 6.50. The van der Waals surface area contributed by atoms with Gasteiger partial charge >= 0.3 is 5.97 Å². The molecule has 0 saturated heterocycles. The molecule has 0 aliphatic heterocycles. The molecule has 3 aromatic rings. The van der Waals surface area contributed by atoms with E-state index in [1.165, 1.54) is 18.6 Å². The topological polar surface area (TPSA) is 89.9 Å². The van der Waals surface area contributed by atoms with Crippen LogP contribution in [-0.4, -0.2) is 29.7 Å². The maximum Gasteiger partial charge on any atom is 0.311 e. The summed E-state index contributed by atoms with van der Waals surface area (Å²) in [7, 11) is 0. The zero-order chi connectivity index (χ0) is 22.8. The highest BCUT2D eigenvalue weighted by atomic mass is 35.5. The summed E-state index contributed by atoms with van der Waals surface area (Å²) >= 11 is 11.9. The molecule has 1 aromatic heterocycles. The minimum absolute atomic E-state index is 0.190. The lowest BCUT2D eigenvalue weighted by Gasteiger charge is -2.08. The number of hydrazone groups is 1. The maximum atomic E-state index is 12.0. The molecule has 0 aliphatic carbocycles. The Morgan fingerprint density at radius 1 is 1.03 bits per heavy atom. The van der Waals surface area contributed by atoms with Crippen molar-refractivity contribution in [3.63, 3.8) is 0 Å². The summed E-state index contributed by atoms with van der Waals surface area (Å²) in [5.41, 5.74) is 3.62. The molecule has 3 rings (SSSR count). The van der Waals surface area contributed by atoms with Gasteiger partial charge in [0.2, 0.25) is 0 Å². The first-order chi connectivity index (χ1) is 15.5. The number of pyridine rings is 1. The van der Waals surface area contributed by atoms with E-state index in [0.29, 0.717) is 40.1 Å². The van der Waals surface area contributed by atoms with Crippen LogP contribution in [0.15, 0.2) is 72.1 Å². The average molecular weight is 472 g/mol. The first-order valence-corrected chi connectivity index (χ1v) is 10.4. The molecule has 0 bridgehead atoms. The number of ether oxygens (including phenoxy) is 2. The summed E-state index contributed by atoms with van der Waals surface area (Å²) in [6, 6.07) is 14.9. The van der Waals surface area contributed by atoms with E-state index in [-0.39, 0.29) is 18.3 Å². The van der Waals surface area contributed by atoms with Gasteiger partial charge in [0.25, 0.3) is 5.91 Å². The quantitative estimate of drug-likeness (QED) is 0.157. The number of esters is 1. The molecular weight excluding hydrogens is 453 g/mol. The normalized spacial score (nSPS) is 10.7. The van der Waals surface area contributed by atoms with Gasteiger partial charge in [-0.2, -0.15) is 5.10 Å². The molecule has 1 amide bonds. The second-order valence-corrected chi connectivity index (χ2v) is 7.35. The fraction of sp³-hybridized carbons (Fsp3) is 0.130. The molecule has 0 fully saturated rings. The fourth-order valence-corrected chi connectivity index (χ4v) is 2.99. The molecule has 0 radical (unpaired) electrons. The molecule has 0 saturated carbocycles. The van der Waals surface area contributed by atoms with Crippen LogP contribution >= 0.6 is 23.2 Å². The van der Waals surface area contributed by atoms with Gasteiger partial charge in [-0.25, -0.2) is 5.43 Å². The molecule has 0 spiro atoms. The Kier molecular flexibility index (Phi) is 8.60. The van der Waals surface area contributed by atoms with Gasteiger partial charge in [-0.3, -0.25) is 14.6 Å². The molecule has 9 heteroatoms. The largest absolute Gasteiger partial charge is 0.492 e. The molecule has 1 N–H and O–H groups in total. The van der Waals surface area contributed by atoms with Gasteiger partial charge < -0.3 is 9.47 Å². The zero-order valence-corrected chi connectivity index (χ0v) is 18.3. The highest BCUT2D eigenvalue weighted by Crippen LogP contribution is 2.27. The minimum atomic E-state index is -0.373. The summed E-state index contributed by atoms with van der Waals surface area (Å²) < 4.78 is 10.8. The van der Waals surface area contributed by atoms with Crippen LogP contribution in [0.1, 0.15) is 28.8 Å². The van der Waals surface area contributed by atoms with E-state index in [1.54, 1.807) is 54.6 Å². The van der Waals surface area contributed by atoms with Crippen molar-refractivity contribution in [3.8, 4) is 11.5 Å². The predicted molar refractivity (Wildman–Crippen MR) is 123 cm³/mol. The summed E-state index contributed by atoms with van der Waals surface area (Å²) in [4.78, 5) is 27.8. The smallest absolute Gasteiger partial charge is 0.311 e. The van der Waals surface area contributed by atoms with Crippen molar-refractivity contribution in [1.82, 2.24) is 10.4 Å². The molecule has 1 heterocycles. The zero-order valence-electron chi connectivity index (χ0n) is 16.8. The van der Waals surface area contributed by atoms with Gasteiger partial charge in [0.1, 0.15) is 11.5 Å². The summed E-state index contributed by atoms with van der Waals surface area (Å²) in [6.45, 7) is 0.317. The van der Waals surface area contributed by atoms with E-state index < -0.39 is 0 Å². The molecule has 164 valence electrons. The van der Waals surface area contributed by atoms with Crippen molar-refractivity contribution in [2.45, 2.75) is 12.8 Å². The molecule has 2 aromatic carbocycles. The van der Waals surface area contributed by atoms with Crippen LogP contribution in [-0.2, 0) is 4.79 Å². The number of aromatic nitrogens is 1. The molecule has 0 atom stereocenters. The molecule has 0 unspecified atom stereocenters. The standard InChI is InChI=1S/C23H19Cl2N3O4/c24-18-5-8-21(20(25)14-18)31-13-1-2-22(29)32-19-6-3-16(4-7-19)15-27-28-23(30)17-9-11-26-12-10-17/h3-12,14-15H,1-2,13H2,(H,28,30)/b27-15+. The van der Waals surface area contributed by atoms with Crippen molar-refractivity contribution in [3.05, 3.63) is 88.2 Å². The number of rotatable bonds is 9. The number of hydrogen-bond acceptors (Lipinski definition) is 6. The molecule has 0 aliphatic rings. The third-order valence-electron chi connectivity index (χ3n) is 4.11. The lowest BCUT2D eigenvalue weighted by atomic mass is 10.2. The number of halogens is 2. The van der Waals surface area contributed by atoms with Crippen molar-refractivity contribution in [1.29, 1.82) is 0 Å². The van der Waals surface area contributed by atoms with Gasteiger partial charge in [-0.1, -0.05) is 23.2 Å². The molecule has 32 heavy (non-hydrogen) atoms. The third kappa shape index (κ3) is 7.37. The summed E-state index contributed by atoms with van der Waals surface area (Å²) in [6.07, 6.45) is 5.21. The first kappa shape index (κ1) is 23.2. The van der Waals surface area contributed by atoms with Crippen LogP contribution in [0.2, 0.25) is 10.0 Å². The van der Waals surface area contributed by atoms with E-state index in [2.05, 4.69) is 15.5 Å². The van der Waals surface area contributed by atoms with Crippen molar-refractivity contribution in [2.24, 2.45) is 5.10 Å². The number of carbonyl (C=O) groups excluding carboxylic acids is 2. The van der Waals surface area contributed by atoms with E-state index in [4.69, 9.17) is 32.7 Å². The van der Waals surface area contributed by atoms with Gasteiger partial charge in [-0.15, -0.1) is 0 Å². The van der Waals surface area contributed by atoms with Crippen molar-refractivity contribution in [2.75, 3.05) is 6.61 Å². The van der Waals surface area contributed by atoms with Crippen LogP contribution in [0.4, 0.5) is 0 Å². The predicted octanol–water partition coefficient (Wildman–Crippen LogP) is 4.92. The Morgan fingerprint density at radius 2 is 1.78 bits per heavy atom. The number of nitrogens with one attached hydrogen (secondary N) is 1. The summed E-state index contributed by atoms with van der Waals surface area (Å²) in [5, 5.41) is 4.85. The van der Waals surface area contributed by atoms with Crippen molar-refractivity contribution < 1.29 is 19.1 Å². The lowest BCUT2D eigenvalue weighted by molar-refractivity contribution is -0.134. The average Bonchev–Trinajstić information content (AvgIpc) is 2.79. The van der Waals surface area contributed by atoms with Gasteiger partial charge in [0.05, 0.1) is 17.8 Å². The van der Waals surface area contributed by atoms with E-state index >= 15 is 0 Å². The van der Waals surface area contributed by atoms with Gasteiger partial charge in [0, 0.05) is 29.4 Å². The molecule has 7 nitrogen and oxygen atoms in total.